The molecule has 0 bridgehead atoms. The van der Waals surface area contributed by atoms with Gasteiger partial charge < -0.3 is 10.4 Å². The van der Waals surface area contributed by atoms with Crippen LogP contribution >= 0.6 is 0 Å². The van der Waals surface area contributed by atoms with E-state index < -0.39 is 0 Å². The van der Waals surface area contributed by atoms with E-state index in [1.165, 1.54) is 0 Å². The molecule has 0 spiro atoms. The second-order valence-corrected chi connectivity index (χ2v) is 5.06. The maximum Gasteiger partial charge on any atom is 0.224 e. The molecule has 0 saturated carbocycles. The zero-order chi connectivity index (χ0) is 13.5. The molecule has 0 aliphatic heterocycles. The summed E-state index contributed by atoms with van der Waals surface area (Å²) in [6.07, 6.45) is 2.45. The smallest absolute Gasteiger partial charge is 0.224 e. The van der Waals surface area contributed by atoms with Gasteiger partial charge in [-0.15, -0.1) is 0 Å². The van der Waals surface area contributed by atoms with Gasteiger partial charge in [-0.3, -0.25) is 4.79 Å². The second kappa shape index (κ2) is 7.04. The molecule has 2 unspecified atom stereocenters. The predicted octanol–water partition coefficient (Wildman–Crippen LogP) is 2.88. The van der Waals surface area contributed by atoms with E-state index in [1.807, 2.05) is 13.0 Å². The molecule has 0 heterocycles. The summed E-state index contributed by atoms with van der Waals surface area (Å²) in [7, 11) is 0. The van der Waals surface area contributed by atoms with E-state index >= 15 is 0 Å². The van der Waals surface area contributed by atoms with Crippen LogP contribution in [0.1, 0.15) is 39.2 Å². The molecule has 3 nitrogen and oxygen atoms in total. The summed E-state index contributed by atoms with van der Waals surface area (Å²) < 4.78 is 0. The lowest BCUT2D eigenvalue weighted by molar-refractivity contribution is -0.121. The third-order valence-electron chi connectivity index (χ3n) is 3.14. The van der Waals surface area contributed by atoms with Gasteiger partial charge in [0, 0.05) is 6.04 Å². The van der Waals surface area contributed by atoms with Crippen molar-refractivity contribution in [2.75, 3.05) is 0 Å². The summed E-state index contributed by atoms with van der Waals surface area (Å²) in [6.45, 7) is 6.39. The highest BCUT2D eigenvalue weighted by molar-refractivity contribution is 5.78. The minimum Gasteiger partial charge on any atom is -0.508 e. The minimum absolute atomic E-state index is 0.0106. The van der Waals surface area contributed by atoms with E-state index in [0.717, 1.165) is 18.4 Å². The lowest BCUT2D eigenvalue weighted by atomic mass is 10.00. The Bertz CT molecular complexity index is 390. The molecule has 3 heteroatoms. The number of aromatic hydroxyl groups is 1. The number of phenolic OH excluding ortho intramolecular Hbond substituents is 1. The Kier molecular flexibility index (Phi) is 5.69. The third kappa shape index (κ3) is 5.21. The van der Waals surface area contributed by atoms with Crippen molar-refractivity contribution in [2.24, 2.45) is 5.92 Å². The molecule has 18 heavy (non-hydrogen) atoms. The van der Waals surface area contributed by atoms with Crippen molar-refractivity contribution in [3.63, 3.8) is 0 Å². The molecule has 2 atom stereocenters. The Labute approximate surface area is 109 Å². The van der Waals surface area contributed by atoms with Crippen molar-refractivity contribution < 1.29 is 9.90 Å². The van der Waals surface area contributed by atoms with Crippen molar-refractivity contribution in [1.29, 1.82) is 0 Å². The number of nitrogens with one attached hydrogen (secondary N) is 1. The SMILES string of the molecule is CCC(C)CC(C)NC(=O)Cc1cccc(O)c1. The van der Waals surface area contributed by atoms with Gasteiger partial charge >= 0.3 is 0 Å². The number of rotatable bonds is 6. The van der Waals surface area contributed by atoms with Crippen LogP contribution in [0.25, 0.3) is 0 Å². The molecule has 0 aromatic heterocycles. The number of hydrogen-bond acceptors (Lipinski definition) is 2. The van der Waals surface area contributed by atoms with Crippen LogP contribution in [0, 0.1) is 5.92 Å². The molecule has 1 aromatic rings. The highest BCUT2D eigenvalue weighted by Gasteiger charge is 2.11. The van der Waals surface area contributed by atoms with Crippen molar-refractivity contribution in [3.8, 4) is 5.75 Å². The molecule has 2 N–H and O–H groups in total. The molecule has 1 rings (SSSR count). The quantitative estimate of drug-likeness (QED) is 0.814. The van der Waals surface area contributed by atoms with E-state index in [1.54, 1.807) is 18.2 Å². The number of hydrogen-bond donors (Lipinski definition) is 2. The Morgan fingerprint density at radius 2 is 2.11 bits per heavy atom. The van der Waals surface area contributed by atoms with Gasteiger partial charge in [0.1, 0.15) is 5.75 Å². The van der Waals surface area contributed by atoms with Gasteiger partial charge in [-0.05, 0) is 37.0 Å². The fraction of sp³-hybridized carbons (Fsp3) is 0.533. The predicted molar refractivity (Wildman–Crippen MR) is 73.5 cm³/mol. The number of carbonyl (C=O) groups excluding carboxylic acids is 1. The maximum absolute atomic E-state index is 11.8. The first kappa shape index (κ1) is 14.6. The Balaban J connectivity index is 2.42. The van der Waals surface area contributed by atoms with E-state index in [0.29, 0.717) is 12.3 Å². The summed E-state index contributed by atoms with van der Waals surface area (Å²) in [5.41, 5.74) is 0.836. The zero-order valence-corrected chi connectivity index (χ0v) is 11.4. The number of phenols is 1. The van der Waals surface area contributed by atoms with Gasteiger partial charge in [-0.2, -0.15) is 0 Å². The van der Waals surface area contributed by atoms with Gasteiger partial charge in [0.25, 0.3) is 0 Å². The molecule has 0 radical (unpaired) electrons. The minimum atomic E-state index is 0.0106. The van der Waals surface area contributed by atoms with Crippen molar-refractivity contribution in [2.45, 2.75) is 46.1 Å². The third-order valence-corrected chi connectivity index (χ3v) is 3.14. The van der Waals surface area contributed by atoms with Gasteiger partial charge in [-0.1, -0.05) is 32.4 Å². The van der Waals surface area contributed by atoms with Crippen LogP contribution in [-0.4, -0.2) is 17.1 Å². The first-order chi connectivity index (χ1) is 8.51. The maximum atomic E-state index is 11.8. The zero-order valence-electron chi connectivity index (χ0n) is 11.4. The largest absolute Gasteiger partial charge is 0.508 e. The number of amides is 1. The van der Waals surface area contributed by atoms with Crippen LogP contribution in [0.4, 0.5) is 0 Å². The van der Waals surface area contributed by atoms with Gasteiger partial charge in [0.2, 0.25) is 5.91 Å². The van der Waals surface area contributed by atoms with Crippen LogP contribution in [0.2, 0.25) is 0 Å². The lowest BCUT2D eigenvalue weighted by Gasteiger charge is -2.17. The lowest BCUT2D eigenvalue weighted by Crippen LogP contribution is -2.34. The molecular formula is C15H23NO2. The Morgan fingerprint density at radius 3 is 2.72 bits per heavy atom. The van der Waals surface area contributed by atoms with Crippen molar-refractivity contribution in [3.05, 3.63) is 29.8 Å². The molecular weight excluding hydrogens is 226 g/mol. The van der Waals surface area contributed by atoms with E-state index in [2.05, 4.69) is 19.2 Å². The summed E-state index contributed by atoms with van der Waals surface area (Å²) >= 11 is 0. The van der Waals surface area contributed by atoms with Gasteiger partial charge in [0.15, 0.2) is 0 Å². The number of carbonyl (C=O) groups is 1. The molecule has 0 fully saturated rings. The fourth-order valence-corrected chi connectivity index (χ4v) is 2.01. The van der Waals surface area contributed by atoms with Crippen LogP contribution in [-0.2, 0) is 11.2 Å². The van der Waals surface area contributed by atoms with E-state index in [9.17, 15) is 9.90 Å². The molecule has 0 aliphatic carbocycles. The van der Waals surface area contributed by atoms with Gasteiger partial charge in [0.05, 0.1) is 6.42 Å². The molecule has 0 aliphatic rings. The first-order valence-corrected chi connectivity index (χ1v) is 6.58. The Hall–Kier alpha value is -1.51. The molecule has 100 valence electrons. The van der Waals surface area contributed by atoms with Gasteiger partial charge in [-0.25, -0.2) is 0 Å². The van der Waals surface area contributed by atoms with Crippen molar-refractivity contribution in [1.82, 2.24) is 5.32 Å². The van der Waals surface area contributed by atoms with Crippen LogP contribution in [0.5, 0.6) is 5.75 Å². The Morgan fingerprint density at radius 1 is 1.39 bits per heavy atom. The summed E-state index contributed by atoms with van der Waals surface area (Å²) in [4.78, 5) is 11.8. The summed E-state index contributed by atoms with van der Waals surface area (Å²) in [5, 5.41) is 12.3. The monoisotopic (exact) mass is 249 g/mol. The molecule has 1 aromatic carbocycles. The normalized spacial score (nSPS) is 13.9. The average Bonchev–Trinajstić information content (AvgIpc) is 2.28. The second-order valence-electron chi connectivity index (χ2n) is 5.06. The fourth-order valence-electron chi connectivity index (χ4n) is 2.01. The van der Waals surface area contributed by atoms with Crippen LogP contribution in [0.15, 0.2) is 24.3 Å². The average molecular weight is 249 g/mol. The highest BCUT2D eigenvalue weighted by atomic mass is 16.3. The highest BCUT2D eigenvalue weighted by Crippen LogP contribution is 2.12. The number of benzene rings is 1. The van der Waals surface area contributed by atoms with Crippen LogP contribution < -0.4 is 5.32 Å². The van der Waals surface area contributed by atoms with Crippen LogP contribution in [0.3, 0.4) is 0 Å². The summed E-state index contributed by atoms with van der Waals surface area (Å²) in [5.74, 6) is 0.838. The van der Waals surface area contributed by atoms with E-state index in [4.69, 9.17) is 0 Å². The van der Waals surface area contributed by atoms with E-state index in [-0.39, 0.29) is 17.7 Å². The molecule has 0 saturated heterocycles. The standard InChI is InChI=1S/C15H23NO2/c1-4-11(2)8-12(3)16-15(18)10-13-6-5-7-14(17)9-13/h5-7,9,11-12,17H,4,8,10H2,1-3H3,(H,16,18). The first-order valence-electron chi connectivity index (χ1n) is 6.58. The topological polar surface area (TPSA) is 49.3 Å². The summed E-state index contributed by atoms with van der Waals surface area (Å²) in [6, 6.07) is 7.02. The molecule has 1 amide bonds. The van der Waals surface area contributed by atoms with Crippen molar-refractivity contribution >= 4 is 5.91 Å².